The van der Waals surface area contributed by atoms with E-state index in [-0.39, 0.29) is 11.0 Å². The second-order valence-electron chi connectivity index (χ2n) is 6.07. The highest BCUT2D eigenvalue weighted by molar-refractivity contribution is 14.1. The van der Waals surface area contributed by atoms with E-state index in [1.165, 1.54) is 5.56 Å². The van der Waals surface area contributed by atoms with Crippen molar-refractivity contribution in [3.05, 3.63) is 48.9 Å². The first-order valence-corrected chi connectivity index (χ1v) is 7.66. The van der Waals surface area contributed by atoms with Gasteiger partial charge in [0.2, 0.25) is 0 Å². The van der Waals surface area contributed by atoms with Gasteiger partial charge in [-0.2, -0.15) is 0 Å². The van der Waals surface area contributed by atoms with Crippen LogP contribution in [-0.2, 0) is 5.41 Å². The molecule has 106 valence electrons. The number of rotatable bonds is 1. The summed E-state index contributed by atoms with van der Waals surface area (Å²) in [5, 5.41) is 0. The summed E-state index contributed by atoms with van der Waals surface area (Å²) in [5.74, 6) is 0.654. The fraction of sp³-hybridized carbons (Fsp3) is 0.375. The van der Waals surface area contributed by atoms with Crippen molar-refractivity contribution in [2.75, 3.05) is 0 Å². The summed E-state index contributed by atoms with van der Waals surface area (Å²) in [6.07, 6.45) is 0. The number of halogens is 1. The molecule has 0 fully saturated rings. The average molecular weight is 382 g/mol. The number of hydrogen-bond donors (Lipinski definition) is 1. The monoisotopic (exact) mass is 382 g/mol. The third-order valence-corrected chi connectivity index (χ3v) is 4.43. The van der Waals surface area contributed by atoms with Gasteiger partial charge in [-0.1, -0.05) is 39.0 Å². The van der Waals surface area contributed by atoms with Crippen LogP contribution in [0.4, 0.5) is 0 Å². The van der Waals surface area contributed by atoms with Crippen molar-refractivity contribution in [2.24, 2.45) is 0 Å². The highest BCUT2D eigenvalue weighted by Crippen LogP contribution is 2.27. The van der Waals surface area contributed by atoms with Crippen LogP contribution in [0.5, 0.6) is 0 Å². The van der Waals surface area contributed by atoms with E-state index in [2.05, 4.69) is 68.3 Å². The molecule has 0 unspecified atom stereocenters. The first kappa shape index (κ1) is 15.2. The summed E-state index contributed by atoms with van der Waals surface area (Å²) in [6.45, 7) is 10.3. The lowest BCUT2D eigenvalue weighted by Crippen LogP contribution is -2.24. The minimum Gasteiger partial charge on any atom is -0.306 e. The Morgan fingerprint density at radius 2 is 1.85 bits per heavy atom. The van der Waals surface area contributed by atoms with E-state index in [1.807, 2.05) is 12.1 Å². The molecule has 1 heterocycles. The lowest BCUT2D eigenvalue weighted by molar-refractivity contribution is 0.562. The largest absolute Gasteiger partial charge is 0.306 e. The fourth-order valence-corrected chi connectivity index (χ4v) is 3.16. The third-order valence-electron chi connectivity index (χ3n) is 3.43. The second-order valence-corrected chi connectivity index (χ2v) is 7.15. The molecule has 0 aliphatic rings. The van der Waals surface area contributed by atoms with E-state index in [1.54, 1.807) is 0 Å². The lowest BCUT2D eigenvalue weighted by Gasteiger charge is -2.20. The van der Waals surface area contributed by atoms with Crippen LogP contribution in [0.1, 0.15) is 37.6 Å². The molecule has 3 nitrogen and oxygen atoms in total. The molecule has 20 heavy (non-hydrogen) atoms. The molecule has 0 bridgehead atoms. The Hall–Kier alpha value is -1.17. The fourth-order valence-electron chi connectivity index (χ4n) is 2.09. The van der Waals surface area contributed by atoms with Gasteiger partial charge in [0.1, 0.15) is 9.39 Å². The Balaban J connectivity index is 2.74. The zero-order valence-corrected chi connectivity index (χ0v) is 14.6. The summed E-state index contributed by atoms with van der Waals surface area (Å²) < 4.78 is 0.671. The van der Waals surface area contributed by atoms with E-state index in [9.17, 15) is 4.79 Å². The van der Waals surface area contributed by atoms with Gasteiger partial charge in [0.05, 0.1) is 5.69 Å². The van der Waals surface area contributed by atoms with Crippen LogP contribution in [0.15, 0.2) is 23.0 Å². The molecule has 1 aromatic heterocycles. The molecule has 0 aliphatic carbocycles. The molecule has 0 radical (unpaired) electrons. The van der Waals surface area contributed by atoms with Crippen molar-refractivity contribution in [3.8, 4) is 11.4 Å². The minimum atomic E-state index is -0.155. The molecule has 1 N–H and O–H groups in total. The SMILES string of the molecule is Cc1cccc(-c2nc(C(C)(C)C)c(I)c(=O)[nH]2)c1C. The van der Waals surface area contributed by atoms with E-state index in [4.69, 9.17) is 4.98 Å². The van der Waals surface area contributed by atoms with Crippen molar-refractivity contribution in [3.63, 3.8) is 0 Å². The molecule has 0 amide bonds. The first-order valence-electron chi connectivity index (χ1n) is 6.58. The number of aromatic amines is 1. The maximum absolute atomic E-state index is 12.2. The molecule has 0 spiro atoms. The smallest absolute Gasteiger partial charge is 0.264 e. The van der Waals surface area contributed by atoms with Gasteiger partial charge in [-0.05, 0) is 47.6 Å². The normalized spacial score (nSPS) is 11.7. The summed E-state index contributed by atoms with van der Waals surface area (Å²) in [7, 11) is 0. The van der Waals surface area contributed by atoms with E-state index in [0.29, 0.717) is 9.39 Å². The number of benzene rings is 1. The predicted molar refractivity (Wildman–Crippen MR) is 91.2 cm³/mol. The van der Waals surface area contributed by atoms with Gasteiger partial charge in [-0.25, -0.2) is 4.98 Å². The number of nitrogens with zero attached hydrogens (tertiary/aromatic N) is 1. The molecule has 2 rings (SSSR count). The van der Waals surface area contributed by atoms with Crippen molar-refractivity contribution in [1.82, 2.24) is 9.97 Å². The van der Waals surface area contributed by atoms with Gasteiger partial charge < -0.3 is 4.98 Å². The molecular weight excluding hydrogens is 363 g/mol. The van der Waals surface area contributed by atoms with Gasteiger partial charge >= 0.3 is 0 Å². The maximum atomic E-state index is 12.2. The highest BCUT2D eigenvalue weighted by Gasteiger charge is 2.22. The van der Waals surface area contributed by atoms with Crippen LogP contribution in [-0.4, -0.2) is 9.97 Å². The Bertz CT molecular complexity index is 711. The van der Waals surface area contributed by atoms with Gasteiger partial charge in [0.15, 0.2) is 0 Å². The highest BCUT2D eigenvalue weighted by atomic mass is 127. The molecule has 0 saturated carbocycles. The average Bonchev–Trinajstić information content (AvgIpc) is 2.34. The maximum Gasteiger partial charge on any atom is 0.264 e. The number of aryl methyl sites for hydroxylation is 1. The Morgan fingerprint density at radius 3 is 2.45 bits per heavy atom. The Morgan fingerprint density at radius 1 is 1.20 bits per heavy atom. The molecule has 0 saturated heterocycles. The molecule has 0 aliphatic heterocycles. The van der Waals surface area contributed by atoms with Gasteiger partial charge in [0.25, 0.3) is 5.56 Å². The van der Waals surface area contributed by atoms with Crippen LogP contribution >= 0.6 is 22.6 Å². The number of nitrogens with one attached hydrogen (secondary N) is 1. The van der Waals surface area contributed by atoms with E-state index < -0.39 is 0 Å². The summed E-state index contributed by atoms with van der Waals surface area (Å²) in [6, 6.07) is 6.06. The number of hydrogen-bond acceptors (Lipinski definition) is 2. The number of H-pyrrole nitrogens is 1. The third kappa shape index (κ3) is 2.80. The van der Waals surface area contributed by atoms with Gasteiger partial charge in [-0.3, -0.25) is 4.79 Å². The summed E-state index contributed by atoms with van der Waals surface area (Å²) in [4.78, 5) is 19.8. The van der Waals surface area contributed by atoms with E-state index in [0.717, 1.165) is 16.8 Å². The standard InChI is InChI=1S/C16H19IN2O/c1-9-7-6-8-11(10(9)2)14-18-13(16(3,4)5)12(17)15(20)19-14/h6-8H,1-5H3,(H,18,19,20). The lowest BCUT2D eigenvalue weighted by atomic mass is 9.92. The summed E-state index contributed by atoms with van der Waals surface area (Å²) in [5.41, 5.74) is 3.96. The molecule has 1 aromatic carbocycles. The molecule has 2 aromatic rings. The van der Waals surface area contributed by atoms with E-state index >= 15 is 0 Å². The molecule has 0 atom stereocenters. The second kappa shape index (κ2) is 5.31. The zero-order chi connectivity index (χ0) is 15.1. The van der Waals surface area contributed by atoms with Crippen LogP contribution in [0.2, 0.25) is 0 Å². The topological polar surface area (TPSA) is 45.8 Å². The number of aromatic nitrogens is 2. The first-order chi connectivity index (χ1) is 9.21. The van der Waals surface area contributed by atoms with Crippen molar-refractivity contribution < 1.29 is 0 Å². The molecule has 4 heteroatoms. The zero-order valence-electron chi connectivity index (χ0n) is 12.5. The van der Waals surface area contributed by atoms with Crippen LogP contribution in [0.3, 0.4) is 0 Å². The quantitative estimate of drug-likeness (QED) is 0.759. The van der Waals surface area contributed by atoms with Crippen LogP contribution in [0.25, 0.3) is 11.4 Å². The predicted octanol–water partition coefficient (Wildman–Crippen LogP) is 3.96. The minimum absolute atomic E-state index is 0.0681. The van der Waals surface area contributed by atoms with Crippen molar-refractivity contribution in [2.45, 2.75) is 40.0 Å². The Labute approximate surface area is 133 Å². The van der Waals surface area contributed by atoms with Crippen molar-refractivity contribution >= 4 is 22.6 Å². The summed E-state index contributed by atoms with van der Waals surface area (Å²) >= 11 is 2.08. The van der Waals surface area contributed by atoms with Gasteiger partial charge in [0, 0.05) is 11.0 Å². The van der Waals surface area contributed by atoms with Crippen molar-refractivity contribution in [1.29, 1.82) is 0 Å². The van der Waals surface area contributed by atoms with Crippen LogP contribution < -0.4 is 5.56 Å². The van der Waals surface area contributed by atoms with Crippen LogP contribution in [0, 0.1) is 17.4 Å². The molecular formula is C16H19IN2O. The Kier molecular flexibility index (Phi) is 4.04. The van der Waals surface area contributed by atoms with Gasteiger partial charge in [-0.15, -0.1) is 0 Å².